The summed E-state index contributed by atoms with van der Waals surface area (Å²) in [7, 11) is 0. The summed E-state index contributed by atoms with van der Waals surface area (Å²) < 4.78 is 10.8. The largest absolute Gasteiger partial charge is 0.464 e. The van der Waals surface area contributed by atoms with Crippen LogP contribution >= 0.6 is 0 Å². The number of carbonyl (C=O) groups excluding carboxylic acids is 1. The zero-order chi connectivity index (χ0) is 18.0. The molecule has 1 atom stereocenters. The molecule has 1 aliphatic rings. The Balaban J connectivity index is 1.73. The van der Waals surface area contributed by atoms with Gasteiger partial charge in [0.2, 0.25) is 0 Å². The Labute approximate surface area is 156 Å². The maximum Gasteiger partial charge on any atom is 0.335 e. The third kappa shape index (κ3) is 13.3. The Morgan fingerprint density at radius 1 is 0.800 bits per heavy atom. The van der Waals surface area contributed by atoms with Crippen molar-refractivity contribution in [2.75, 3.05) is 13.2 Å². The number of hydrogen-bond donors (Lipinski definition) is 0. The van der Waals surface area contributed by atoms with Crippen molar-refractivity contribution in [3.63, 3.8) is 0 Å². The average Bonchev–Trinajstić information content (AvgIpc) is 2.65. The summed E-state index contributed by atoms with van der Waals surface area (Å²) in [5.74, 6) is -0.144. The van der Waals surface area contributed by atoms with Gasteiger partial charge in [-0.3, -0.25) is 0 Å². The van der Waals surface area contributed by atoms with Gasteiger partial charge in [0.15, 0.2) is 6.10 Å². The first kappa shape index (κ1) is 22.5. The third-order valence-electron chi connectivity index (χ3n) is 5.18. The van der Waals surface area contributed by atoms with Crippen LogP contribution in [-0.2, 0) is 14.3 Å². The molecule has 0 N–H and O–H groups in total. The molecule has 25 heavy (non-hydrogen) atoms. The van der Waals surface area contributed by atoms with Crippen molar-refractivity contribution >= 4 is 5.97 Å². The lowest BCUT2D eigenvalue weighted by molar-refractivity contribution is -0.160. The molecule has 1 heterocycles. The van der Waals surface area contributed by atoms with Gasteiger partial charge in [-0.05, 0) is 25.7 Å². The van der Waals surface area contributed by atoms with Gasteiger partial charge in [-0.1, -0.05) is 90.4 Å². The lowest BCUT2D eigenvalue weighted by Gasteiger charge is -2.20. The summed E-state index contributed by atoms with van der Waals surface area (Å²) in [4.78, 5) is 11.8. The second-order valence-corrected chi connectivity index (χ2v) is 7.62. The van der Waals surface area contributed by atoms with E-state index in [0.29, 0.717) is 13.2 Å². The average molecular weight is 355 g/mol. The Morgan fingerprint density at radius 2 is 1.32 bits per heavy atom. The molecule has 1 aliphatic heterocycles. The van der Waals surface area contributed by atoms with E-state index in [2.05, 4.69) is 6.92 Å². The first-order chi connectivity index (χ1) is 12.3. The number of carbonyl (C=O) groups is 1. The zero-order valence-electron chi connectivity index (χ0n) is 16.7. The van der Waals surface area contributed by atoms with Crippen LogP contribution in [0.2, 0.25) is 0 Å². The summed E-state index contributed by atoms with van der Waals surface area (Å²) in [5, 5.41) is 0. The molecule has 0 radical (unpaired) electrons. The summed E-state index contributed by atoms with van der Waals surface area (Å²) in [6.07, 6.45) is 21.5. The van der Waals surface area contributed by atoms with Crippen LogP contribution in [-0.4, -0.2) is 25.3 Å². The highest BCUT2D eigenvalue weighted by atomic mass is 16.6. The minimum absolute atomic E-state index is 0.144. The van der Waals surface area contributed by atoms with E-state index in [0.717, 1.165) is 25.7 Å². The van der Waals surface area contributed by atoms with Crippen molar-refractivity contribution < 1.29 is 14.3 Å². The van der Waals surface area contributed by atoms with Crippen LogP contribution in [0, 0.1) is 0 Å². The lowest BCUT2D eigenvalue weighted by Crippen LogP contribution is -2.30. The van der Waals surface area contributed by atoms with Gasteiger partial charge in [-0.2, -0.15) is 0 Å². The fourth-order valence-corrected chi connectivity index (χ4v) is 3.49. The van der Waals surface area contributed by atoms with E-state index in [4.69, 9.17) is 9.47 Å². The van der Waals surface area contributed by atoms with Crippen LogP contribution in [0.1, 0.15) is 116 Å². The first-order valence-corrected chi connectivity index (χ1v) is 11.1. The molecule has 0 amide bonds. The molecule has 0 aromatic carbocycles. The maximum atomic E-state index is 11.8. The van der Waals surface area contributed by atoms with Crippen molar-refractivity contribution in [3.8, 4) is 0 Å². The standard InChI is InChI=1S/C22H42O3/c1-2-3-4-5-6-7-8-9-10-11-12-13-14-16-20-25-22(23)21-18-15-17-19-24-21/h21H,2-20H2,1H3. The number of ether oxygens (including phenoxy) is 2. The summed E-state index contributed by atoms with van der Waals surface area (Å²) in [6.45, 7) is 3.55. The first-order valence-electron chi connectivity index (χ1n) is 11.1. The molecule has 1 fully saturated rings. The van der Waals surface area contributed by atoms with E-state index in [9.17, 15) is 4.79 Å². The van der Waals surface area contributed by atoms with Crippen molar-refractivity contribution in [1.82, 2.24) is 0 Å². The number of hydrogen-bond acceptors (Lipinski definition) is 3. The van der Waals surface area contributed by atoms with Crippen molar-refractivity contribution in [3.05, 3.63) is 0 Å². The molecule has 1 rings (SSSR count). The van der Waals surface area contributed by atoms with E-state index in [1.807, 2.05) is 0 Å². The molecule has 0 spiro atoms. The Hall–Kier alpha value is -0.570. The van der Waals surface area contributed by atoms with Gasteiger partial charge in [0.05, 0.1) is 6.61 Å². The smallest absolute Gasteiger partial charge is 0.335 e. The number of unbranched alkanes of at least 4 members (excludes halogenated alkanes) is 13. The minimum atomic E-state index is -0.291. The molecule has 3 heteroatoms. The van der Waals surface area contributed by atoms with E-state index in [1.54, 1.807) is 0 Å². The van der Waals surface area contributed by atoms with E-state index < -0.39 is 0 Å². The quantitative estimate of drug-likeness (QED) is 0.232. The number of rotatable bonds is 16. The molecule has 0 bridgehead atoms. The second-order valence-electron chi connectivity index (χ2n) is 7.62. The van der Waals surface area contributed by atoms with Crippen molar-refractivity contribution in [2.45, 2.75) is 122 Å². The van der Waals surface area contributed by atoms with Gasteiger partial charge in [-0.15, -0.1) is 0 Å². The van der Waals surface area contributed by atoms with Gasteiger partial charge in [0, 0.05) is 6.61 Å². The minimum Gasteiger partial charge on any atom is -0.464 e. The van der Waals surface area contributed by atoms with Crippen LogP contribution in [0.4, 0.5) is 0 Å². The van der Waals surface area contributed by atoms with E-state index in [1.165, 1.54) is 83.5 Å². The van der Waals surface area contributed by atoms with E-state index in [-0.39, 0.29) is 12.1 Å². The predicted molar refractivity (Wildman–Crippen MR) is 105 cm³/mol. The summed E-state index contributed by atoms with van der Waals surface area (Å²) in [5.41, 5.74) is 0. The molecular formula is C22H42O3. The topological polar surface area (TPSA) is 35.5 Å². The van der Waals surface area contributed by atoms with Crippen LogP contribution in [0.3, 0.4) is 0 Å². The molecule has 1 unspecified atom stereocenters. The highest BCUT2D eigenvalue weighted by molar-refractivity contribution is 5.74. The fourth-order valence-electron chi connectivity index (χ4n) is 3.49. The van der Waals surface area contributed by atoms with Crippen molar-refractivity contribution in [1.29, 1.82) is 0 Å². The van der Waals surface area contributed by atoms with E-state index >= 15 is 0 Å². The number of esters is 1. The normalized spacial score (nSPS) is 17.6. The van der Waals surface area contributed by atoms with Crippen LogP contribution in [0.5, 0.6) is 0 Å². The lowest BCUT2D eigenvalue weighted by atomic mass is 10.0. The van der Waals surface area contributed by atoms with Crippen molar-refractivity contribution in [2.24, 2.45) is 0 Å². The van der Waals surface area contributed by atoms with Gasteiger partial charge in [0.25, 0.3) is 0 Å². The molecular weight excluding hydrogens is 312 g/mol. The summed E-state index contributed by atoms with van der Waals surface area (Å²) in [6, 6.07) is 0. The Bertz CT molecular complexity index is 298. The molecule has 0 aromatic rings. The highest BCUT2D eigenvalue weighted by Crippen LogP contribution is 2.15. The molecule has 0 aromatic heterocycles. The van der Waals surface area contributed by atoms with Gasteiger partial charge < -0.3 is 9.47 Å². The highest BCUT2D eigenvalue weighted by Gasteiger charge is 2.22. The maximum absolute atomic E-state index is 11.8. The predicted octanol–water partition coefficient (Wildman–Crippen LogP) is 6.58. The SMILES string of the molecule is CCCCCCCCCCCCCCCCOC(=O)C1CCCCO1. The molecule has 1 saturated heterocycles. The molecule has 0 aliphatic carbocycles. The fraction of sp³-hybridized carbons (Fsp3) is 0.955. The molecule has 0 saturated carbocycles. The molecule has 3 nitrogen and oxygen atoms in total. The Morgan fingerprint density at radius 3 is 1.80 bits per heavy atom. The molecule has 148 valence electrons. The summed E-state index contributed by atoms with van der Waals surface area (Å²) >= 11 is 0. The second kappa shape index (κ2) is 16.9. The van der Waals surface area contributed by atoms with Crippen LogP contribution < -0.4 is 0 Å². The van der Waals surface area contributed by atoms with Gasteiger partial charge in [-0.25, -0.2) is 4.79 Å². The van der Waals surface area contributed by atoms with Gasteiger partial charge in [0.1, 0.15) is 0 Å². The Kier molecular flexibility index (Phi) is 15.2. The van der Waals surface area contributed by atoms with Crippen LogP contribution in [0.15, 0.2) is 0 Å². The van der Waals surface area contributed by atoms with Crippen LogP contribution in [0.25, 0.3) is 0 Å². The monoisotopic (exact) mass is 354 g/mol. The zero-order valence-corrected chi connectivity index (χ0v) is 16.7. The third-order valence-corrected chi connectivity index (χ3v) is 5.18. The van der Waals surface area contributed by atoms with Gasteiger partial charge >= 0.3 is 5.97 Å².